The monoisotopic (exact) mass is 232 g/mol. The van der Waals surface area contributed by atoms with Gasteiger partial charge in [-0.2, -0.15) is 5.10 Å². The van der Waals surface area contributed by atoms with Crippen LogP contribution in [-0.2, 0) is 0 Å². The zero-order valence-electron chi connectivity index (χ0n) is 10.3. The van der Waals surface area contributed by atoms with Crippen molar-refractivity contribution in [3.05, 3.63) is 18.3 Å². The number of rotatable bonds is 2. The molecule has 1 N–H and O–H groups in total. The van der Waals surface area contributed by atoms with Gasteiger partial charge in [0.15, 0.2) is 0 Å². The molecule has 0 amide bonds. The van der Waals surface area contributed by atoms with Crippen LogP contribution in [0.25, 0.3) is 0 Å². The molecular formula is C13H20N4. The minimum Gasteiger partial charge on any atom is -0.366 e. The maximum absolute atomic E-state index is 4.11. The highest BCUT2D eigenvalue weighted by atomic mass is 15.2. The molecule has 0 aliphatic carbocycles. The first-order valence-electron chi connectivity index (χ1n) is 6.59. The van der Waals surface area contributed by atoms with Gasteiger partial charge >= 0.3 is 0 Å². The van der Waals surface area contributed by atoms with E-state index >= 15 is 0 Å². The fourth-order valence-electron chi connectivity index (χ4n) is 3.32. The van der Waals surface area contributed by atoms with E-state index in [4.69, 9.17) is 0 Å². The molecule has 0 radical (unpaired) electrons. The second kappa shape index (κ2) is 4.61. The molecule has 1 aromatic heterocycles. The van der Waals surface area contributed by atoms with Crippen LogP contribution in [0.2, 0.25) is 0 Å². The maximum Gasteiger partial charge on any atom is 0.148 e. The third-order valence-corrected chi connectivity index (χ3v) is 4.26. The van der Waals surface area contributed by atoms with Crippen molar-refractivity contribution in [1.82, 2.24) is 15.1 Å². The van der Waals surface area contributed by atoms with Gasteiger partial charge in [0, 0.05) is 24.3 Å². The lowest BCUT2D eigenvalue weighted by atomic mass is 9.82. The van der Waals surface area contributed by atoms with E-state index in [-0.39, 0.29) is 0 Å². The summed E-state index contributed by atoms with van der Waals surface area (Å²) >= 11 is 0. The van der Waals surface area contributed by atoms with Crippen LogP contribution in [0, 0.1) is 0 Å². The summed E-state index contributed by atoms with van der Waals surface area (Å²) in [5.41, 5.74) is 0. The Kier molecular flexibility index (Phi) is 2.97. The van der Waals surface area contributed by atoms with Crippen LogP contribution < -0.4 is 5.32 Å². The number of nitrogens with zero attached hydrogens (tertiary/aromatic N) is 3. The van der Waals surface area contributed by atoms with Crippen LogP contribution >= 0.6 is 0 Å². The van der Waals surface area contributed by atoms with Crippen molar-refractivity contribution < 1.29 is 0 Å². The van der Waals surface area contributed by atoms with Crippen molar-refractivity contribution in [2.45, 2.75) is 50.2 Å². The average molecular weight is 232 g/mol. The largest absolute Gasteiger partial charge is 0.366 e. The summed E-state index contributed by atoms with van der Waals surface area (Å²) in [4.78, 5) is 2.58. The van der Waals surface area contributed by atoms with Crippen LogP contribution in [0.5, 0.6) is 0 Å². The first-order valence-corrected chi connectivity index (χ1v) is 6.59. The second-order valence-corrected chi connectivity index (χ2v) is 5.33. The third kappa shape index (κ3) is 2.27. The van der Waals surface area contributed by atoms with Gasteiger partial charge in [-0.15, -0.1) is 5.10 Å². The zero-order chi connectivity index (χ0) is 11.7. The Hall–Kier alpha value is -1.16. The molecule has 2 bridgehead atoms. The molecule has 17 heavy (non-hydrogen) atoms. The SMILES string of the molecule is CN1C2CCCC1CC(Nc1cccnn1)C2. The van der Waals surface area contributed by atoms with E-state index in [1.54, 1.807) is 6.20 Å². The summed E-state index contributed by atoms with van der Waals surface area (Å²) in [6.07, 6.45) is 8.30. The lowest BCUT2D eigenvalue weighted by Crippen LogP contribution is -2.52. The van der Waals surface area contributed by atoms with Crippen molar-refractivity contribution in [1.29, 1.82) is 0 Å². The van der Waals surface area contributed by atoms with Crippen LogP contribution in [0.4, 0.5) is 5.82 Å². The average Bonchev–Trinajstić information content (AvgIpc) is 2.32. The molecule has 4 nitrogen and oxygen atoms in total. The summed E-state index contributed by atoms with van der Waals surface area (Å²) in [6.45, 7) is 0. The smallest absolute Gasteiger partial charge is 0.148 e. The van der Waals surface area contributed by atoms with Gasteiger partial charge in [-0.1, -0.05) is 6.42 Å². The fourth-order valence-corrected chi connectivity index (χ4v) is 3.32. The van der Waals surface area contributed by atoms with Gasteiger partial charge in [-0.25, -0.2) is 0 Å². The summed E-state index contributed by atoms with van der Waals surface area (Å²) in [5.74, 6) is 0.917. The van der Waals surface area contributed by atoms with E-state index in [0.717, 1.165) is 17.9 Å². The molecule has 92 valence electrons. The maximum atomic E-state index is 4.11. The molecule has 2 aliphatic rings. The quantitative estimate of drug-likeness (QED) is 0.845. The van der Waals surface area contributed by atoms with E-state index in [0.29, 0.717) is 6.04 Å². The van der Waals surface area contributed by atoms with E-state index in [1.807, 2.05) is 12.1 Å². The second-order valence-electron chi connectivity index (χ2n) is 5.33. The predicted molar refractivity (Wildman–Crippen MR) is 67.9 cm³/mol. The predicted octanol–water partition coefficient (Wildman–Crippen LogP) is 1.90. The molecule has 0 saturated carbocycles. The first kappa shape index (κ1) is 11.0. The van der Waals surface area contributed by atoms with E-state index in [1.165, 1.54) is 32.1 Å². The molecule has 2 saturated heterocycles. The standard InChI is InChI=1S/C13H20N4/c1-17-11-4-2-5-12(17)9-10(8-11)15-13-6-3-7-14-16-13/h3,6-7,10-12H,2,4-5,8-9H2,1H3,(H,15,16). The number of piperidine rings is 2. The molecule has 2 fully saturated rings. The highest BCUT2D eigenvalue weighted by molar-refractivity contribution is 5.33. The topological polar surface area (TPSA) is 41.0 Å². The lowest BCUT2D eigenvalue weighted by molar-refractivity contribution is 0.0608. The minimum absolute atomic E-state index is 0.568. The number of fused-ring (bicyclic) bond motifs is 2. The van der Waals surface area contributed by atoms with E-state index in [2.05, 4.69) is 27.5 Å². The Bertz CT molecular complexity index is 353. The summed E-state index contributed by atoms with van der Waals surface area (Å²) < 4.78 is 0. The van der Waals surface area contributed by atoms with Gasteiger partial charge in [0.05, 0.1) is 0 Å². The van der Waals surface area contributed by atoms with Gasteiger partial charge in [0.1, 0.15) is 5.82 Å². The Morgan fingerprint density at radius 2 is 2.06 bits per heavy atom. The Labute approximate surface area is 102 Å². The highest BCUT2D eigenvalue weighted by Crippen LogP contribution is 2.33. The van der Waals surface area contributed by atoms with Gasteiger partial charge in [-0.3, -0.25) is 0 Å². The number of nitrogens with one attached hydrogen (secondary N) is 1. The molecule has 1 aromatic rings. The number of hydrogen-bond acceptors (Lipinski definition) is 4. The van der Waals surface area contributed by atoms with Crippen molar-refractivity contribution in [3.8, 4) is 0 Å². The van der Waals surface area contributed by atoms with Gasteiger partial charge in [0.2, 0.25) is 0 Å². The molecule has 3 heterocycles. The summed E-state index contributed by atoms with van der Waals surface area (Å²) in [7, 11) is 2.28. The van der Waals surface area contributed by atoms with Crippen molar-refractivity contribution in [2.24, 2.45) is 0 Å². The summed E-state index contributed by atoms with van der Waals surface area (Å²) in [6, 6.07) is 6.03. The van der Waals surface area contributed by atoms with Gasteiger partial charge in [0.25, 0.3) is 0 Å². The number of anilines is 1. The van der Waals surface area contributed by atoms with E-state index < -0.39 is 0 Å². The molecule has 3 rings (SSSR count). The van der Waals surface area contributed by atoms with Crippen molar-refractivity contribution in [3.63, 3.8) is 0 Å². The third-order valence-electron chi connectivity index (χ3n) is 4.26. The number of hydrogen-bond donors (Lipinski definition) is 1. The Balaban J connectivity index is 1.66. The highest BCUT2D eigenvalue weighted by Gasteiger charge is 2.35. The lowest BCUT2D eigenvalue weighted by Gasteiger charge is -2.47. The van der Waals surface area contributed by atoms with Crippen LogP contribution in [0.15, 0.2) is 18.3 Å². The Morgan fingerprint density at radius 1 is 1.29 bits per heavy atom. The molecule has 2 atom stereocenters. The normalized spacial score (nSPS) is 33.4. The fraction of sp³-hybridized carbons (Fsp3) is 0.692. The molecule has 4 heteroatoms. The number of aromatic nitrogens is 2. The molecule has 2 aliphatic heterocycles. The molecule has 0 spiro atoms. The van der Waals surface area contributed by atoms with Gasteiger partial charge in [-0.05, 0) is 44.9 Å². The first-order chi connectivity index (χ1) is 8.33. The van der Waals surface area contributed by atoms with E-state index in [9.17, 15) is 0 Å². The molecular weight excluding hydrogens is 212 g/mol. The zero-order valence-corrected chi connectivity index (χ0v) is 10.3. The van der Waals surface area contributed by atoms with Crippen LogP contribution in [0.3, 0.4) is 0 Å². The van der Waals surface area contributed by atoms with Crippen LogP contribution in [-0.4, -0.2) is 40.3 Å². The molecule has 0 aromatic carbocycles. The van der Waals surface area contributed by atoms with Crippen molar-refractivity contribution in [2.75, 3.05) is 12.4 Å². The van der Waals surface area contributed by atoms with Crippen LogP contribution in [0.1, 0.15) is 32.1 Å². The minimum atomic E-state index is 0.568. The summed E-state index contributed by atoms with van der Waals surface area (Å²) in [5, 5.41) is 11.6. The van der Waals surface area contributed by atoms with Gasteiger partial charge < -0.3 is 10.2 Å². The molecule has 2 unspecified atom stereocenters. The Morgan fingerprint density at radius 3 is 2.71 bits per heavy atom. The van der Waals surface area contributed by atoms with Crippen molar-refractivity contribution >= 4 is 5.82 Å².